The number of carbonyl (C=O) groups is 1. The highest BCUT2D eigenvalue weighted by Gasteiger charge is 2.42. The van der Waals surface area contributed by atoms with Gasteiger partial charge in [0.15, 0.2) is 0 Å². The van der Waals surface area contributed by atoms with Crippen molar-refractivity contribution in [2.75, 3.05) is 46.1 Å². The summed E-state index contributed by atoms with van der Waals surface area (Å²) in [5, 5.41) is 0. The standard InChI is InChI=1S/C20H28N2O3/c23-19(21-8-2-1-3-9-21)18-6-4-5-17(13-18)14-22-10-12-25-16-20(22)7-11-24-15-20/h4-6,13H,1-3,7-12,14-16H2. The lowest BCUT2D eigenvalue weighted by atomic mass is 9.95. The summed E-state index contributed by atoms with van der Waals surface area (Å²) in [5.41, 5.74) is 2.05. The van der Waals surface area contributed by atoms with Crippen LogP contribution >= 0.6 is 0 Å². The lowest BCUT2D eigenvalue weighted by molar-refractivity contribution is -0.0749. The minimum Gasteiger partial charge on any atom is -0.379 e. The number of hydrogen-bond acceptors (Lipinski definition) is 4. The van der Waals surface area contributed by atoms with E-state index in [9.17, 15) is 4.79 Å². The van der Waals surface area contributed by atoms with E-state index >= 15 is 0 Å². The van der Waals surface area contributed by atoms with E-state index in [2.05, 4.69) is 17.0 Å². The molecule has 0 saturated carbocycles. The largest absolute Gasteiger partial charge is 0.379 e. The predicted octanol–water partition coefficient (Wildman–Crippen LogP) is 2.30. The summed E-state index contributed by atoms with van der Waals surface area (Å²) >= 11 is 0. The van der Waals surface area contributed by atoms with Crippen molar-refractivity contribution in [1.82, 2.24) is 9.80 Å². The van der Waals surface area contributed by atoms with E-state index in [-0.39, 0.29) is 11.4 Å². The van der Waals surface area contributed by atoms with Gasteiger partial charge >= 0.3 is 0 Å². The van der Waals surface area contributed by atoms with Crippen molar-refractivity contribution in [3.63, 3.8) is 0 Å². The molecule has 1 aromatic rings. The van der Waals surface area contributed by atoms with Gasteiger partial charge in [-0.1, -0.05) is 12.1 Å². The molecule has 136 valence electrons. The molecule has 1 atom stereocenters. The van der Waals surface area contributed by atoms with Crippen LogP contribution in [0.4, 0.5) is 0 Å². The quantitative estimate of drug-likeness (QED) is 0.844. The van der Waals surface area contributed by atoms with E-state index in [0.717, 1.165) is 77.4 Å². The van der Waals surface area contributed by atoms with Gasteiger partial charge in [0.25, 0.3) is 5.91 Å². The Morgan fingerprint density at radius 2 is 1.84 bits per heavy atom. The molecule has 3 saturated heterocycles. The number of carbonyl (C=O) groups excluding carboxylic acids is 1. The van der Waals surface area contributed by atoms with Gasteiger partial charge in [0.1, 0.15) is 0 Å². The van der Waals surface area contributed by atoms with Gasteiger partial charge in [-0.3, -0.25) is 9.69 Å². The zero-order chi connectivity index (χ0) is 17.1. The molecule has 3 aliphatic rings. The normalized spacial score (nSPS) is 27.8. The lowest BCUT2D eigenvalue weighted by Gasteiger charge is -2.43. The first kappa shape index (κ1) is 17.0. The molecule has 1 amide bonds. The van der Waals surface area contributed by atoms with Gasteiger partial charge in [0.2, 0.25) is 0 Å². The Bertz CT molecular complexity index is 607. The molecule has 1 unspecified atom stereocenters. The second-order valence-electron chi connectivity index (χ2n) is 7.55. The van der Waals surface area contributed by atoms with Crippen LogP contribution < -0.4 is 0 Å². The molecule has 5 nitrogen and oxygen atoms in total. The smallest absolute Gasteiger partial charge is 0.253 e. The maximum atomic E-state index is 12.8. The number of ether oxygens (including phenoxy) is 2. The van der Waals surface area contributed by atoms with Crippen LogP contribution in [0.5, 0.6) is 0 Å². The summed E-state index contributed by atoms with van der Waals surface area (Å²) in [6.45, 7) is 6.65. The summed E-state index contributed by atoms with van der Waals surface area (Å²) in [6, 6.07) is 8.18. The fourth-order valence-corrected chi connectivity index (χ4v) is 4.27. The zero-order valence-electron chi connectivity index (χ0n) is 14.9. The Hall–Kier alpha value is -1.43. The van der Waals surface area contributed by atoms with Gasteiger partial charge in [0, 0.05) is 38.3 Å². The number of likely N-dealkylation sites (tertiary alicyclic amines) is 1. The van der Waals surface area contributed by atoms with Crippen LogP contribution in [0.3, 0.4) is 0 Å². The maximum Gasteiger partial charge on any atom is 0.253 e. The van der Waals surface area contributed by atoms with Crippen molar-refractivity contribution in [2.45, 2.75) is 37.8 Å². The summed E-state index contributed by atoms with van der Waals surface area (Å²) in [6.07, 6.45) is 4.52. The molecular formula is C20H28N2O3. The molecule has 0 N–H and O–H groups in total. The monoisotopic (exact) mass is 344 g/mol. The zero-order valence-corrected chi connectivity index (χ0v) is 14.9. The first-order valence-electron chi connectivity index (χ1n) is 9.56. The number of amides is 1. The van der Waals surface area contributed by atoms with Gasteiger partial charge in [-0.2, -0.15) is 0 Å². The average Bonchev–Trinajstić information content (AvgIpc) is 3.13. The van der Waals surface area contributed by atoms with Crippen LogP contribution in [0, 0.1) is 0 Å². The van der Waals surface area contributed by atoms with Crippen molar-refractivity contribution in [3.05, 3.63) is 35.4 Å². The molecule has 0 aliphatic carbocycles. The van der Waals surface area contributed by atoms with E-state index in [1.165, 1.54) is 12.0 Å². The lowest BCUT2D eigenvalue weighted by Crippen LogP contribution is -2.56. The van der Waals surface area contributed by atoms with Crippen molar-refractivity contribution in [1.29, 1.82) is 0 Å². The molecular weight excluding hydrogens is 316 g/mol. The van der Waals surface area contributed by atoms with Gasteiger partial charge < -0.3 is 14.4 Å². The highest BCUT2D eigenvalue weighted by atomic mass is 16.5. The summed E-state index contributed by atoms with van der Waals surface area (Å²) in [4.78, 5) is 17.3. The van der Waals surface area contributed by atoms with E-state index in [0.29, 0.717) is 0 Å². The first-order chi connectivity index (χ1) is 12.3. The summed E-state index contributed by atoms with van der Waals surface area (Å²) in [7, 11) is 0. The molecule has 1 spiro atoms. The number of morpholine rings is 1. The Morgan fingerprint density at radius 1 is 1.04 bits per heavy atom. The Kier molecular flexibility index (Phi) is 5.06. The van der Waals surface area contributed by atoms with Crippen LogP contribution in [0.15, 0.2) is 24.3 Å². The van der Waals surface area contributed by atoms with Crippen molar-refractivity contribution in [3.8, 4) is 0 Å². The molecule has 0 aromatic heterocycles. The molecule has 3 heterocycles. The molecule has 25 heavy (non-hydrogen) atoms. The fourth-order valence-electron chi connectivity index (χ4n) is 4.27. The van der Waals surface area contributed by atoms with Crippen molar-refractivity contribution >= 4 is 5.91 Å². The first-order valence-corrected chi connectivity index (χ1v) is 9.56. The molecule has 3 aliphatic heterocycles. The number of benzene rings is 1. The van der Waals surface area contributed by atoms with Crippen LogP contribution in [-0.2, 0) is 16.0 Å². The van der Waals surface area contributed by atoms with Crippen LogP contribution in [0.25, 0.3) is 0 Å². The van der Waals surface area contributed by atoms with E-state index < -0.39 is 0 Å². The van der Waals surface area contributed by atoms with Gasteiger partial charge in [-0.25, -0.2) is 0 Å². The minimum atomic E-state index is 0.0190. The molecule has 0 bridgehead atoms. The topological polar surface area (TPSA) is 42.0 Å². The van der Waals surface area contributed by atoms with Crippen molar-refractivity contribution < 1.29 is 14.3 Å². The second-order valence-corrected chi connectivity index (χ2v) is 7.55. The SMILES string of the molecule is O=C(c1cccc(CN2CCOCC23CCOC3)c1)N1CCCCC1. The highest BCUT2D eigenvalue weighted by molar-refractivity contribution is 5.94. The van der Waals surface area contributed by atoms with Gasteiger partial charge in [0.05, 0.1) is 25.4 Å². The Morgan fingerprint density at radius 3 is 2.64 bits per heavy atom. The number of nitrogens with zero attached hydrogens (tertiary/aromatic N) is 2. The van der Waals surface area contributed by atoms with E-state index in [1.807, 2.05) is 17.0 Å². The average molecular weight is 344 g/mol. The van der Waals surface area contributed by atoms with Crippen LogP contribution in [0.2, 0.25) is 0 Å². The number of rotatable bonds is 3. The third-order valence-electron chi connectivity index (χ3n) is 5.82. The summed E-state index contributed by atoms with van der Waals surface area (Å²) < 4.78 is 11.4. The maximum absolute atomic E-state index is 12.8. The predicted molar refractivity (Wildman–Crippen MR) is 95.6 cm³/mol. The molecule has 5 heteroatoms. The molecule has 3 fully saturated rings. The number of piperidine rings is 1. The van der Waals surface area contributed by atoms with Gasteiger partial charge in [-0.15, -0.1) is 0 Å². The third kappa shape index (κ3) is 3.59. The van der Waals surface area contributed by atoms with Crippen molar-refractivity contribution in [2.24, 2.45) is 0 Å². The molecule has 4 rings (SSSR count). The van der Waals surface area contributed by atoms with E-state index in [4.69, 9.17) is 9.47 Å². The number of hydrogen-bond donors (Lipinski definition) is 0. The van der Waals surface area contributed by atoms with Gasteiger partial charge in [-0.05, 0) is 43.4 Å². The fraction of sp³-hybridized carbons (Fsp3) is 0.650. The third-order valence-corrected chi connectivity index (χ3v) is 5.82. The molecule has 0 radical (unpaired) electrons. The summed E-state index contributed by atoms with van der Waals surface area (Å²) in [5.74, 6) is 0.183. The Balaban J connectivity index is 1.48. The van der Waals surface area contributed by atoms with E-state index in [1.54, 1.807) is 0 Å². The highest BCUT2D eigenvalue weighted by Crippen LogP contribution is 2.30. The Labute approximate surface area is 149 Å². The molecule has 1 aromatic carbocycles. The minimum absolute atomic E-state index is 0.0190. The second kappa shape index (κ2) is 7.44. The van der Waals surface area contributed by atoms with Crippen LogP contribution in [-0.4, -0.2) is 67.3 Å². The van der Waals surface area contributed by atoms with Crippen LogP contribution in [0.1, 0.15) is 41.6 Å².